The largest absolute Gasteiger partial charge is 0.433 e. The Morgan fingerprint density at radius 3 is 2.40 bits per heavy atom. The summed E-state index contributed by atoms with van der Waals surface area (Å²) in [5.74, 6) is -0.712. The van der Waals surface area contributed by atoms with Crippen molar-refractivity contribution in [2.75, 3.05) is 0 Å². The molecule has 0 radical (unpaired) electrons. The molecule has 5 heteroatoms. The number of hydrogen-bond donors (Lipinski definition) is 0. The average molecular weight is 219 g/mol. The summed E-state index contributed by atoms with van der Waals surface area (Å²) in [6, 6.07) is 0.751. The number of pyridine rings is 1. The van der Waals surface area contributed by atoms with Crippen LogP contribution in [0.1, 0.15) is 35.7 Å². The van der Waals surface area contributed by atoms with Gasteiger partial charge in [-0.25, -0.2) is 9.37 Å². The van der Waals surface area contributed by atoms with Gasteiger partial charge in [-0.05, 0) is 31.4 Å². The minimum absolute atomic E-state index is 0.0132. The zero-order valence-corrected chi connectivity index (χ0v) is 8.03. The highest BCUT2D eigenvalue weighted by Gasteiger charge is 2.36. The van der Waals surface area contributed by atoms with Gasteiger partial charge in [0.1, 0.15) is 11.5 Å². The van der Waals surface area contributed by atoms with Gasteiger partial charge in [-0.3, -0.25) is 0 Å². The molecule has 1 saturated carbocycles. The van der Waals surface area contributed by atoms with Crippen LogP contribution in [0.5, 0.6) is 0 Å². The standard InChI is InChI=1S/C10H9F4N/c1-5-4-7(10(12,13)14)15-9(8(5)11)6-2-3-6/h4,6H,2-3H2,1H3. The van der Waals surface area contributed by atoms with E-state index in [1.165, 1.54) is 6.92 Å². The third kappa shape index (κ3) is 1.96. The van der Waals surface area contributed by atoms with Crippen molar-refractivity contribution in [2.24, 2.45) is 0 Å². The van der Waals surface area contributed by atoms with Crippen molar-refractivity contribution in [3.8, 4) is 0 Å². The fourth-order valence-corrected chi connectivity index (χ4v) is 1.45. The summed E-state index contributed by atoms with van der Waals surface area (Å²) < 4.78 is 50.6. The summed E-state index contributed by atoms with van der Waals surface area (Å²) in [5, 5.41) is 0. The molecule has 0 unspecified atom stereocenters. The number of aryl methyl sites for hydroxylation is 1. The Balaban J connectivity index is 2.51. The van der Waals surface area contributed by atoms with Crippen LogP contribution in [-0.2, 0) is 6.18 Å². The molecule has 0 atom stereocenters. The molecule has 0 aromatic carbocycles. The normalized spacial score (nSPS) is 16.9. The summed E-state index contributed by atoms with van der Waals surface area (Å²) in [6.07, 6.45) is -3.04. The molecule has 2 rings (SSSR count). The van der Waals surface area contributed by atoms with Gasteiger partial charge in [0.25, 0.3) is 0 Å². The molecular formula is C10H9F4N. The lowest BCUT2D eigenvalue weighted by Crippen LogP contribution is -2.11. The SMILES string of the molecule is Cc1cc(C(F)(F)F)nc(C2CC2)c1F. The second kappa shape index (κ2) is 3.18. The van der Waals surface area contributed by atoms with Crippen molar-refractivity contribution in [2.45, 2.75) is 31.9 Å². The van der Waals surface area contributed by atoms with Crippen LogP contribution in [0.4, 0.5) is 17.6 Å². The van der Waals surface area contributed by atoms with Gasteiger partial charge in [0.2, 0.25) is 0 Å². The van der Waals surface area contributed by atoms with Crippen LogP contribution in [0.15, 0.2) is 6.07 Å². The fourth-order valence-electron chi connectivity index (χ4n) is 1.45. The molecule has 0 spiro atoms. The maximum atomic E-state index is 13.4. The van der Waals surface area contributed by atoms with Crippen LogP contribution in [0, 0.1) is 12.7 Å². The van der Waals surface area contributed by atoms with E-state index in [9.17, 15) is 17.6 Å². The van der Waals surface area contributed by atoms with Gasteiger partial charge in [-0.15, -0.1) is 0 Å². The molecule has 1 aliphatic carbocycles. The highest BCUT2D eigenvalue weighted by Crippen LogP contribution is 2.42. The molecule has 0 aliphatic heterocycles. The second-order valence-electron chi connectivity index (χ2n) is 3.80. The highest BCUT2D eigenvalue weighted by molar-refractivity contribution is 5.28. The van der Waals surface area contributed by atoms with Crippen LogP contribution >= 0.6 is 0 Å². The fraction of sp³-hybridized carbons (Fsp3) is 0.500. The maximum Gasteiger partial charge on any atom is 0.433 e. The van der Waals surface area contributed by atoms with E-state index in [4.69, 9.17) is 0 Å². The third-order valence-electron chi connectivity index (χ3n) is 2.42. The minimum Gasteiger partial charge on any atom is -0.245 e. The van der Waals surface area contributed by atoms with Crippen molar-refractivity contribution in [3.63, 3.8) is 0 Å². The van der Waals surface area contributed by atoms with Gasteiger partial charge in [0.05, 0.1) is 5.69 Å². The lowest BCUT2D eigenvalue weighted by Gasteiger charge is -2.10. The lowest BCUT2D eigenvalue weighted by molar-refractivity contribution is -0.141. The van der Waals surface area contributed by atoms with E-state index in [1.54, 1.807) is 0 Å². The molecule has 0 N–H and O–H groups in total. The maximum absolute atomic E-state index is 13.4. The third-order valence-corrected chi connectivity index (χ3v) is 2.42. The van der Waals surface area contributed by atoms with Gasteiger partial charge in [0.15, 0.2) is 0 Å². The van der Waals surface area contributed by atoms with Crippen molar-refractivity contribution < 1.29 is 17.6 Å². The van der Waals surface area contributed by atoms with E-state index in [2.05, 4.69) is 4.98 Å². The van der Waals surface area contributed by atoms with Gasteiger partial charge in [-0.2, -0.15) is 13.2 Å². The van der Waals surface area contributed by atoms with E-state index >= 15 is 0 Å². The topological polar surface area (TPSA) is 12.9 Å². The lowest BCUT2D eigenvalue weighted by atomic mass is 10.1. The number of halogens is 4. The van der Waals surface area contributed by atoms with Crippen LogP contribution in [-0.4, -0.2) is 4.98 Å². The number of rotatable bonds is 1. The predicted molar refractivity (Wildman–Crippen MR) is 45.9 cm³/mol. The summed E-state index contributed by atoms with van der Waals surface area (Å²) in [5.41, 5.74) is -1.01. The molecule has 15 heavy (non-hydrogen) atoms. The van der Waals surface area contributed by atoms with Gasteiger partial charge < -0.3 is 0 Å². The zero-order valence-electron chi connectivity index (χ0n) is 8.03. The second-order valence-corrected chi connectivity index (χ2v) is 3.80. The quantitative estimate of drug-likeness (QED) is 0.659. The monoisotopic (exact) mass is 219 g/mol. The van der Waals surface area contributed by atoms with Gasteiger partial charge in [0, 0.05) is 5.92 Å². The smallest absolute Gasteiger partial charge is 0.245 e. The predicted octanol–water partition coefficient (Wildman–Crippen LogP) is 3.43. The van der Waals surface area contributed by atoms with Crippen molar-refractivity contribution in [1.29, 1.82) is 0 Å². The number of alkyl halides is 3. The number of nitrogens with zero attached hydrogens (tertiary/aromatic N) is 1. The molecule has 1 nitrogen and oxygen atoms in total. The first kappa shape index (κ1) is 10.4. The molecule has 0 bridgehead atoms. The van der Waals surface area contributed by atoms with E-state index in [0.717, 1.165) is 18.9 Å². The number of aromatic nitrogens is 1. The first-order valence-electron chi connectivity index (χ1n) is 4.64. The first-order valence-corrected chi connectivity index (χ1v) is 4.64. The van der Waals surface area contributed by atoms with Crippen LogP contribution in [0.2, 0.25) is 0 Å². The molecular weight excluding hydrogens is 210 g/mol. The summed E-state index contributed by atoms with van der Waals surface area (Å²) in [7, 11) is 0. The average Bonchev–Trinajstić information content (AvgIpc) is 2.90. The Morgan fingerprint density at radius 1 is 1.33 bits per heavy atom. The minimum atomic E-state index is -4.50. The molecule has 1 aromatic heterocycles. The Hall–Kier alpha value is -1.13. The van der Waals surface area contributed by atoms with Crippen LogP contribution < -0.4 is 0 Å². The highest BCUT2D eigenvalue weighted by atomic mass is 19.4. The zero-order chi connectivity index (χ0) is 11.2. The number of hydrogen-bond acceptors (Lipinski definition) is 1. The summed E-state index contributed by atoms with van der Waals surface area (Å²) in [4.78, 5) is 3.37. The van der Waals surface area contributed by atoms with Crippen molar-refractivity contribution >= 4 is 0 Å². The molecule has 82 valence electrons. The molecule has 0 amide bonds. The van der Waals surface area contributed by atoms with E-state index in [-0.39, 0.29) is 17.2 Å². The van der Waals surface area contributed by atoms with E-state index < -0.39 is 17.7 Å². The van der Waals surface area contributed by atoms with E-state index in [0.29, 0.717) is 0 Å². The Bertz CT molecular complexity index is 393. The Morgan fingerprint density at radius 2 is 1.93 bits per heavy atom. The Labute approximate surface area is 84.1 Å². The van der Waals surface area contributed by atoms with Crippen LogP contribution in [0.25, 0.3) is 0 Å². The summed E-state index contributed by atoms with van der Waals surface area (Å²) in [6.45, 7) is 1.33. The molecule has 1 fully saturated rings. The van der Waals surface area contributed by atoms with Gasteiger partial charge in [-0.1, -0.05) is 0 Å². The van der Waals surface area contributed by atoms with Crippen LogP contribution in [0.3, 0.4) is 0 Å². The Kier molecular flexibility index (Phi) is 2.20. The van der Waals surface area contributed by atoms with E-state index in [1.807, 2.05) is 0 Å². The molecule has 1 aliphatic rings. The molecule has 1 heterocycles. The first-order chi connectivity index (χ1) is 6.89. The molecule has 0 saturated heterocycles. The summed E-state index contributed by atoms with van der Waals surface area (Å²) >= 11 is 0. The van der Waals surface area contributed by atoms with Crippen molar-refractivity contribution in [1.82, 2.24) is 4.98 Å². The molecule has 1 aromatic rings. The van der Waals surface area contributed by atoms with Gasteiger partial charge >= 0.3 is 6.18 Å². The van der Waals surface area contributed by atoms with Crippen molar-refractivity contribution in [3.05, 3.63) is 28.8 Å².